The number of ether oxygens (including phenoxy) is 1. The van der Waals surface area contributed by atoms with Gasteiger partial charge in [0, 0.05) is 12.2 Å². The Morgan fingerprint density at radius 2 is 1.90 bits per heavy atom. The van der Waals surface area contributed by atoms with Crippen molar-refractivity contribution in [3.63, 3.8) is 0 Å². The number of esters is 1. The molecule has 3 N–H and O–H groups in total. The van der Waals surface area contributed by atoms with Gasteiger partial charge in [-0.1, -0.05) is 19.8 Å². The van der Waals surface area contributed by atoms with Gasteiger partial charge >= 0.3 is 5.97 Å². The fourth-order valence-corrected chi connectivity index (χ4v) is 1.85. The standard InChI is InChI=1S/C16H26N2O2/c1-4-5-6-11-18-12-16(2,3)20-15(19)13-7-9-14(17)10-8-13/h7-10,18H,4-6,11-12,17H2,1-3H3. The largest absolute Gasteiger partial charge is 0.455 e. The Balaban J connectivity index is 2.40. The van der Waals surface area contributed by atoms with E-state index in [9.17, 15) is 4.79 Å². The lowest BCUT2D eigenvalue weighted by Crippen LogP contribution is -2.39. The van der Waals surface area contributed by atoms with E-state index in [4.69, 9.17) is 10.5 Å². The summed E-state index contributed by atoms with van der Waals surface area (Å²) in [5.41, 5.74) is 6.24. The maximum absolute atomic E-state index is 12.0. The summed E-state index contributed by atoms with van der Waals surface area (Å²) in [4.78, 5) is 12.0. The fourth-order valence-electron chi connectivity index (χ4n) is 1.85. The number of unbranched alkanes of at least 4 members (excludes halogenated alkanes) is 2. The summed E-state index contributed by atoms with van der Waals surface area (Å²) >= 11 is 0. The lowest BCUT2D eigenvalue weighted by Gasteiger charge is -2.25. The summed E-state index contributed by atoms with van der Waals surface area (Å²) < 4.78 is 5.53. The number of anilines is 1. The average Bonchev–Trinajstić information content (AvgIpc) is 2.38. The van der Waals surface area contributed by atoms with E-state index >= 15 is 0 Å². The van der Waals surface area contributed by atoms with E-state index in [0.717, 1.165) is 13.0 Å². The molecule has 0 spiro atoms. The summed E-state index contributed by atoms with van der Waals surface area (Å²) in [6.07, 6.45) is 3.58. The molecule has 1 rings (SSSR count). The van der Waals surface area contributed by atoms with E-state index in [1.54, 1.807) is 24.3 Å². The molecule has 0 aliphatic rings. The third kappa shape index (κ3) is 6.06. The smallest absolute Gasteiger partial charge is 0.338 e. The number of benzene rings is 1. The van der Waals surface area contributed by atoms with Gasteiger partial charge in [-0.25, -0.2) is 4.79 Å². The van der Waals surface area contributed by atoms with Crippen LogP contribution < -0.4 is 11.1 Å². The van der Waals surface area contributed by atoms with Gasteiger partial charge < -0.3 is 15.8 Å². The normalized spacial score (nSPS) is 11.3. The van der Waals surface area contributed by atoms with Gasteiger partial charge in [0.25, 0.3) is 0 Å². The Morgan fingerprint density at radius 3 is 2.50 bits per heavy atom. The number of carbonyl (C=O) groups excluding carboxylic acids is 1. The first-order valence-electron chi connectivity index (χ1n) is 7.24. The predicted octanol–water partition coefficient (Wildman–Crippen LogP) is 2.98. The van der Waals surface area contributed by atoms with Crippen molar-refractivity contribution in [2.24, 2.45) is 0 Å². The maximum Gasteiger partial charge on any atom is 0.338 e. The molecule has 0 aliphatic heterocycles. The molecule has 4 nitrogen and oxygen atoms in total. The van der Waals surface area contributed by atoms with Crippen LogP contribution in [0.3, 0.4) is 0 Å². The van der Waals surface area contributed by atoms with Crippen LogP contribution in [0.5, 0.6) is 0 Å². The molecule has 1 aromatic carbocycles. The van der Waals surface area contributed by atoms with Crippen molar-refractivity contribution < 1.29 is 9.53 Å². The molecule has 0 atom stereocenters. The third-order valence-corrected chi connectivity index (χ3v) is 3.02. The number of rotatable bonds is 8. The second-order valence-electron chi connectivity index (χ2n) is 5.66. The molecule has 0 aromatic heterocycles. The summed E-state index contributed by atoms with van der Waals surface area (Å²) in [5, 5.41) is 3.33. The zero-order valence-corrected chi connectivity index (χ0v) is 12.7. The highest BCUT2D eigenvalue weighted by Crippen LogP contribution is 2.13. The van der Waals surface area contributed by atoms with Crippen molar-refractivity contribution in [1.82, 2.24) is 5.32 Å². The molecule has 0 saturated heterocycles. The first-order valence-corrected chi connectivity index (χ1v) is 7.24. The summed E-state index contributed by atoms with van der Waals surface area (Å²) in [5.74, 6) is -0.314. The average molecular weight is 278 g/mol. The number of nitrogen functional groups attached to an aromatic ring is 1. The van der Waals surface area contributed by atoms with E-state index in [0.29, 0.717) is 17.8 Å². The zero-order valence-electron chi connectivity index (χ0n) is 12.7. The van der Waals surface area contributed by atoms with Crippen LogP contribution in [0.25, 0.3) is 0 Å². The van der Waals surface area contributed by atoms with Gasteiger partial charge in [0.2, 0.25) is 0 Å². The van der Waals surface area contributed by atoms with Crippen LogP contribution in [0.1, 0.15) is 50.4 Å². The second-order valence-corrected chi connectivity index (χ2v) is 5.66. The van der Waals surface area contributed by atoms with Crippen LogP contribution >= 0.6 is 0 Å². The maximum atomic E-state index is 12.0. The molecule has 0 heterocycles. The topological polar surface area (TPSA) is 64.3 Å². The van der Waals surface area contributed by atoms with Crippen LogP contribution in [-0.2, 0) is 4.74 Å². The number of nitrogens with two attached hydrogens (primary N) is 1. The van der Waals surface area contributed by atoms with Crippen LogP contribution in [0.4, 0.5) is 5.69 Å². The lowest BCUT2D eigenvalue weighted by atomic mass is 10.1. The van der Waals surface area contributed by atoms with E-state index in [2.05, 4.69) is 12.2 Å². The molecule has 0 saturated carbocycles. The van der Waals surface area contributed by atoms with Gasteiger partial charge in [-0.05, 0) is 51.1 Å². The molecule has 0 fully saturated rings. The van der Waals surface area contributed by atoms with Crippen molar-refractivity contribution in [2.75, 3.05) is 18.8 Å². The van der Waals surface area contributed by atoms with Crippen molar-refractivity contribution in [2.45, 2.75) is 45.6 Å². The molecule has 0 bridgehead atoms. The molecular formula is C16H26N2O2. The summed E-state index contributed by atoms with van der Waals surface area (Å²) in [7, 11) is 0. The first kappa shape index (κ1) is 16.5. The minimum atomic E-state index is -0.523. The summed E-state index contributed by atoms with van der Waals surface area (Å²) in [6, 6.07) is 6.77. The number of hydrogen-bond acceptors (Lipinski definition) is 4. The van der Waals surface area contributed by atoms with E-state index in [1.807, 2.05) is 13.8 Å². The SMILES string of the molecule is CCCCCNCC(C)(C)OC(=O)c1ccc(N)cc1. The minimum absolute atomic E-state index is 0.314. The molecule has 0 radical (unpaired) electrons. The number of nitrogens with one attached hydrogen (secondary N) is 1. The highest BCUT2D eigenvalue weighted by Gasteiger charge is 2.23. The molecule has 4 heteroatoms. The van der Waals surface area contributed by atoms with Crippen molar-refractivity contribution >= 4 is 11.7 Å². The molecular weight excluding hydrogens is 252 g/mol. The van der Waals surface area contributed by atoms with Gasteiger partial charge in [0.1, 0.15) is 5.60 Å². The monoisotopic (exact) mass is 278 g/mol. The number of carbonyl (C=O) groups is 1. The lowest BCUT2D eigenvalue weighted by molar-refractivity contribution is -0.000402. The highest BCUT2D eigenvalue weighted by atomic mass is 16.6. The second kappa shape index (κ2) is 7.90. The highest BCUT2D eigenvalue weighted by molar-refractivity contribution is 5.90. The predicted molar refractivity (Wildman–Crippen MR) is 82.7 cm³/mol. The molecule has 0 amide bonds. The van der Waals surface area contributed by atoms with Crippen LogP contribution in [0.15, 0.2) is 24.3 Å². The quantitative estimate of drug-likeness (QED) is 0.436. The Labute approximate surface area is 121 Å². The van der Waals surface area contributed by atoms with Crippen LogP contribution in [-0.4, -0.2) is 24.7 Å². The zero-order chi connectivity index (χ0) is 15.0. The van der Waals surface area contributed by atoms with E-state index in [1.165, 1.54) is 12.8 Å². The number of hydrogen-bond donors (Lipinski definition) is 2. The Bertz CT molecular complexity index is 413. The van der Waals surface area contributed by atoms with Gasteiger partial charge in [-0.15, -0.1) is 0 Å². The first-order chi connectivity index (χ1) is 9.44. The van der Waals surface area contributed by atoms with Crippen molar-refractivity contribution in [3.05, 3.63) is 29.8 Å². The van der Waals surface area contributed by atoms with Gasteiger partial charge in [-0.3, -0.25) is 0 Å². The van der Waals surface area contributed by atoms with Crippen LogP contribution in [0, 0.1) is 0 Å². The van der Waals surface area contributed by atoms with Gasteiger partial charge in [-0.2, -0.15) is 0 Å². The van der Waals surface area contributed by atoms with Gasteiger partial charge in [0.05, 0.1) is 5.56 Å². The molecule has 20 heavy (non-hydrogen) atoms. The Hall–Kier alpha value is -1.55. The van der Waals surface area contributed by atoms with E-state index in [-0.39, 0.29) is 5.97 Å². The Morgan fingerprint density at radius 1 is 1.25 bits per heavy atom. The molecule has 112 valence electrons. The minimum Gasteiger partial charge on any atom is -0.455 e. The summed E-state index contributed by atoms with van der Waals surface area (Å²) in [6.45, 7) is 7.61. The Kier molecular flexibility index (Phi) is 6.52. The fraction of sp³-hybridized carbons (Fsp3) is 0.562. The van der Waals surface area contributed by atoms with Crippen LogP contribution in [0.2, 0.25) is 0 Å². The third-order valence-electron chi connectivity index (χ3n) is 3.02. The van der Waals surface area contributed by atoms with E-state index < -0.39 is 5.60 Å². The molecule has 1 aromatic rings. The van der Waals surface area contributed by atoms with Crippen molar-refractivity contribution in [1.29, 1.82) is 0 Å². The van der Waals surface area contributed by atoms with Crippen molar-refractivity contribution in [3.8, 4) is 0 Å². The molecule has 0 aliphatic carbocycles. The molecule has 0 unspecified atom stereocenters. The van der Waals surface area contributed by atoms with Gasteiger partial charge in [0.15, 0.2) is 0 Å².